The van der Waals surface area contributed by atoms with Crippen molar-refractivity contribution in [3.8, 4) is 0 Å². The van der Waals surface area contributed by atoms with Crippen LogP contribution < -0.4 is 5.32 Å². The summed E-state index contributed by atoms with van der Waals surface area (Å²) < 4.78 is 23.5. The van der Waals surface area contributed by atoms with Crippen LogP contribution in [0.15, 0.2) is 23.1 Å². The number of carbonyl (C=O) groups excluding carboxylic acids is 2. The molecule has 142 valence electrons. The third-order valence-electron chi connectivity index (χ3n) is 4.19. The van der Waals surface area contributed by atoms with Gasteiger partial charge in [0.15, 0.2) is 9.84 Å². The minimum absolute atomic E-state index is 0.0742. The Morgan fingerprint density at radius 3 is 2.54 bits per heavy atom. The van der Waals surface area contributed by atoms with Crippen molar-refractivity contribution in [1.82, 2.24) is 4.90 Å². The Bertz CT molecular complexity index is 834. The molecule has 1 atom stereocenters. The minimum Gasteiger partial charge on any atom is -0.478 e. The van der Waals surface area contributed by atoms with Gasteiger partial charge in [0.1, 0.15) is 6.04 Å². The lowest BCUT2D eigenvalue weighted by Crippen LogP contribution is -2.43. The third-order valence-corrected chi connectivity index (χ3v) is 5.28. The third kappa shape index (κ3) is 4.60. The normalized spacial score (nSPS) is 17.2. The molecule has 0 aromatic heterocycles. The summed E-state index contributed by atoms with van der Waals surface area (Å²) in [5.74, 6) is -1.85. The molecule has 0 aliphatic carbocycles. The summed E-state index contributed by atoms with van der Waals surface area (Å²) in [6, 6.07) is 2.82. The fraction of sp³-hybridized carbons (Fsp3) is 0.471. The summed E-state index contributed by atoms with van der Waals surface area (Å²) in [6.45, 7) is 2.38. The van der Waals surface area contributed by atoms with Crippen LogP contribution in [0, 0.1) is 0 Å². The topological polar surface area (TPSA) is 121 Å². The van der Waals surface area contributed by atoms with Gasteiger partial charge in [0.05, 0.1) is 10.5 Å². The van der Waals surface area contributed by atoms with Gasteiger partial charge >= 0.3 is 5.97 Å². The summed E-state index contributed by atoms with van der Waals surface area (Å²) in [5.41, 5.74) is -0.168. The van der Waals surface area contributed by atoms with Crippen molar-refractivity contribution in [2.45, 2.75) is 43.5 Å². The molecular formula is C17H22N2O6S. The molecule has 1 aliphatic rings. The van der Waals surface area contributed by atoms with Gasteiger partial charge in [-0.25, -0.2) is 13.2 Å². The number of carboxylic acid groups (broad SMARTS) is 1. The van der Waals surface area contributed by atoms with Gasteiger partial charge in [0, 0.05) is 24.9 Å². The van der Waals surface area contributed by atoms with Gasteiger partial charge < -0.3 is 15.3 Å². The van der Waals surface area contributed by atoms with Crippen molar-refractivity contribution in [1.29, 1.82) is 0 Å². The van der Waals surface area contributed by atoms with Crippen LogP contribution >= 0.6 is 0 Å². The first-order valence-electron chi connectivity index (χ1n) is 8.32. The highest BCUT2D eigenvalue weighted by molar-refractivity contribution is 7.90. The molecule has 1 aromatic rings. The fourth-order valence-electron chi connectivity index (χ4n) is 2.93. The molecule has 0 radical (unpaired) electrons. The molecule has 0 spiro atoms. The number of amides is 2. The Hall–Kier alpha value is -2.42. The zero-order valence-electron chi connectivity index (χ0n) is 14.7. The summed E-state index contributed by atoms with van der Waals surface area (Å²) in [5, 5.41) is 11.7. The van der Waals surface area contributed by atoms with Crippen LogP contribution in [0.1, 0.15) is 43.0 Å². The van der Waals surface area contributed by atoms with E-state index in [2.05, 4.69) is 5.32 Å². The van der Waals surface area contributed by atoms with Crippen molar-refractivity contribution in [3.05, 3.63) is 23.8 Å². The monoisotopic (exact) mass is 382 g/mol. The first-order chi connectivity index (χ1) is 12.1. The van der Waals surface area contributed by atoms with Crippen molar-refractivity contribution in [3.63, 3.8) is 0 Å². The number of hydrogen-bond acceptors (Lipinski definition) is 5. The fourth-order valence-corrected chi connectivity index (χ4v) is 3.61. The summed E-state index contributed by atoms with van der Waals surface area (Å²) in [6.07, 6.45) is 3.22. The van der Waals surface area contributed by atoms with E-state index in [0.717, 1.165) is 12.3 Å². The maximum absolute atomic E-state index is 12.6. The van der Waals surface area contributed by atoms with Crippen LogP contribution in [0.5, 0.6) is 0 Å². The molecule has 8 nitrogen and oxygen atoms in total. The molecular weight excluding hydrogens is 360 g/mol. The number of likely N-dealkylation sites (tertiary alicyclic amines) is 1. The first kappa shape index (κ1) is 19.9. The van der Waals surface area contributed by atoms with Crippen LogP contribution in [0.4, 0.5) is 5.69 Å². The molecule has 2 amide bonds. The molecule has 1 fully saturated rings. The Morgan fingerprint density at radius 2 is 1.96 bits per heavy atom. The molecule has 1 aliphatic heterocycles. The second-order valence-corrected chi connectivity index (χ2v) is 8.32. The van der Waals surface area contributed by atoms with E-state index < -0.39 is 27.8 Å². The SMILES string of the molecule is CCCC(=O)N1CCCC1C(=O)Nc1cc(C(=O)O)cc(S(C)(=O)=O)c1. The second-order valence-electron chi connectivity index (χ2n) is 6.31. The molecule has 1 aromatic carbocycles. The van der Waals surface area contributed by atoms with E-state index in [4.69, 9.17) is 5.11 Å². The van der Waals surface area contributed by atoms with Gasteiger partial charge in [0.2, 0.25) is 11.8 Å². The average Bonchev–Trinajstić information content (AvgIpc) is 3.03. The van der Waals surface area contributed by atoms with Crippen LogP contribution in [0.2, 0.25) is 0 Å². The zero-order chi connectivity index (χ0) is 19.5. The van der Waals surface area contributed by atoms with Crippen molar-refractivity contribution in [2.75, 3.05) is 18.1 Å². The van der Waals surface area contributed by atoms with E-state index in [9.17, 15) is 22.8 Å². The lowest BCUT2D eigenvalue weighted by molar-refractivity contribution is -0.136. The number of rotatable bonds is 6. The molecule has 1 unspecified atom stereocenters. The van der Waals surface area contributed by atoms with Crippen LogP contribution in [0.3, 0.4) is 0 Å². The number of nitrogens with one attached hydrogen (secondary N) is 1. The molecule has 2 rings (SSSR count). The van der Waals surface area contributed by atoms with Gasteiger partial charge in [-0.2, -0.15) is 0 Å². The van der Waals surface area contributed by atoms with Gasteiger partial charge in [-0.1, -0.05) is 6.92 Å². The van der Waals surface area contributed by atoms with Crippen molar-refractivity contribution < 1.29 is 27.9 Å². The highest BCUT2D eigenvalue weighted by atomic mass is 32.2. The van der Waals surface area contributed by atoms with E-state index in [-0.39, 0.29) is 22.1 Å². The summed E-state index contributed by atoms with van der Waals surface area (Å²) >= 11 is 0. The van der Waals surface area contributed by atoms with Gasteiger partial charge in [-0.3, -0.25) is 9.59 Å². The molecule has 9 heteroatoms. The second kappa shape index (κ2) is 7.86. The van der Waals surface area contributed by atoms with Gasteiger partial charge in [-0.05, 0) is 37.5 Å². The largest absolute Gasteiger partial charge is 0.478 e. The number of carbonyl (C=O) groups is 3. The lowest BCUT2D eigenvalue weighted by Gasteiger charge is -2.24. The Labute approximate surface area is 152 Å². The quantitative estimate of drug-likeness (QED) is 0.769. The van der Waals surface area contributed by atoms with Gasteiger partial charge in [-0.15, -0.1) is 0 Å². The summed E-state index contributed by atoms with van der Waals surface area (Å²) in [4.78, 5) is 37.3. The van der Waals surface area contributed by atoms with E-state index in [1.54, 1.807) is 0 Å². The predicted octanol–water partition coefficient (Wildman–Crippen LogP) is 1.52. The number of sulfone groups is 1. The molecule has 1 saturated heterocycles. The highest BCUT2D eigenvalue weighted by Gasteiger charge is 2.33. The van der Waals surface area contributed by atoms with E-state index in [1.807, 2.05) is 6.92 Å². The number of nitrogens with zero attached hydrogens (tertiary/aromatic N) is 1. The molecule has 1 heterocycles. The number of benzene rings is 1. The minimum atomic E-state index is -3.65. The summed E-state index contributed by atoms with van der Waals surface area (Å²) in [7, 11) is -3.65. The average molecular weight is 382 g/mol. The standard InChI is InChI=1S/C17H22N2O6S/c1-3-5-15(20)19-7-4-6-14(19)16(21)18-12-8-11(17(22)23)9-13(10-12)26(2,24)25/h8-10,14H,3-7H2,1-2H3,(H,18,21)(H,22,23). The van der Waals surface area contributed by atoms with Gasteiger partial charge in [0.25, 0.3) is 0 Å². The molecule has 26 heavy (non-hydrogen) atoms. The van der Waals surface area contributed by atoms with E-state index in [1.165, 1.54) is 17.0 Å². The van der Waals surface area contributed by atoms with Crippen LogP contribution in [-0.2, 0) is 19.4 Å². The van der Waals surface area contributed by atoms with Crippen LogP contribution in [0.25, 0.3) is 0 Å². The van der Waals surface area contributed by atoms with E-state index >= 15 is 0 Å². The van der Waals surface area contributed by atoms with Crippen molar-refractivity contribution in [2.24, 2.45) is 0 Å². The van der Waals surface area contributed by atoms with Crippen molar-refractivity contribution >= 4 is 33.3 Å². The number of hydrogen-bond donors (Lipinski definition) is 2. The molecule has 0 bridgehead atoms. The predicted molar refractivity (Wildman–Crippen MR) is 94.8 cm³/mol. The van der Waals surface area contributed by atoms with Crippen LogP contribution in [-0.4, -0.2) is 55.1 Å². The maximum atomic E-state index is 12.6. The zero-order valence-corrected chi connectivity index (χ0v) is 15.5. The number of anilines is 1. The maximum Gasteiger partial charge on any atom is 0.335 e. The first-order valence-corrected chi connectivity index (χ1v) is 10.2. The Balaban J connectivity index is 2.27. The number of carboxylic acids is 1. The van der Waals surface area contributed by atoms with E-state index in [0.29, 0.717) is 32.2 Å². The molecule has 2 N–H and O–H groups in total. The Kier molecular flexibility index (Phi) is 6.01. The lowest BCUT2D eigenvalue weighted by atomic mass is 10.1. The molecule has 0 saturated carbocycles. The highest BCUT2D eigenvalue weighted by Crippen LogP contribution is 2.23. The Morgan fingerprint density at radius 1 is 1.27 bits per heavy atom. The number of aromatic carboxylic acids is 1. The smallest absolute Gasteiger partial charge is 0.335 e.